The predicted molar refractivity (Wildman–Crippen MR) is 87.1 cm³/mol. The van der Waals surface area contributed by atoms with Gasteiger partial charge >= 0.3 is 5.97 Å². The molecule has 122 valence electrons. The van der Waals surface area contributed by atoms with E-state index in [4.69, 9.17) is 21.1 Å². The first-order valence-electron chi connectivity index (χ1n) is 6.38. The van der Waals surface area contributed by atoms with Crippen molar-refractivity contribution in [2.45, 2.75) is 12.1 Å². The Hall–Kier alpha value is -2.19. The SMILES string of the molecule is COc1cc(/C=C(/Sc2n[nH]c(C)n2)C(=O)O)cc(Cl)c1OC. The fourth-order valence-corrected chi connectivity index (χ4v) is 2.82. The van der Waals surface area contributed by atoms with Crippen molar-refractivity contribution in [2.75, 3.05) is 14.2 Å². The highest BCUT2D eigenvalue weighted by Crippen LogP contribution is 2.37. The van der Waals surface area contributed by atoms with Gasteiger partial charge in [-0.1, -0.05) is 11.6 Å². The zero-order valence-corrected chi connectivity index (χ0v) is 14.2. The van der Waals surface area contributed by atoms with Crippen molar-refractivity contribution in [3.05, 3.63) is 33.4 Å². The summed E-state index contributed by atoms with van der Waals surface area (Å²) in [7, 11) is 2.95. The van der Waals surface area contributed by atoms with Crippen LogP contribution in [-0.4, -0.2) is 40.5 Å². The van der Waals surface area contributed by atoms with E-state index in [0.717, 1.165) is 11.8 Å². The summed E-state index contributed by atoms with van der Waals surface area (Å²) in [6.07, 6.45) is 1.46. The quantitative estimate of drug-likeness (QED) is 0.607. The van der Waals surface area contributed by atoms with Gasteiger partial charge in [-0.05, 0) is 42.5 Å². The number of ether oxygens (including phenoxy) is 2. The maximum atomic E-state index is 11.4. The molecule has 1 heterocycles. The van der Waals surface area contributed by atoms with Crippen molar-refractivity contribution in [1.82, 2.24) is 15.2 Å². The van der Waals surface area contributed by atoms with Crippen LogP contribution in [0.3, 0.4) is 0 Å². The molecule has 0 saturated heterocycles. The minimum atomic E-state index is -1.09. The van der Waals surface area contributed by atoms with E-state index in [0.29, 0.717) is 33.1 Å². The number of thioether (sulfide) groups is 1. The third-order valence-corrected chi connectivity index (χ3v) is 3.90. The molecule has 0 aliphatic heterocycles. The van der Waals surface area contributed by atoms with Gasteiger partial charge in [0.25, 0.3) is 0 Å². The standard InChI is InChI=1S/C14H14ClN3O4S/c1-7-16-14(18-17-7)23-11(13(19)20)6-8-4-9(15)12(22-3)10(5-8)21-2/h4-6H,1-3H3,(H,19,20)(H,16,17,18)/b11-6+. The summed E-state index contributed by atoms with van der Waals surface area (Å²) in [4.78, 5) is 15.6. The fraction of sp³-hybridized carbons (Fsp3) is 0.214. The normalized spacial score (nSPS) is 11.4. The third kappa shape index (κ3) is 4.17. The minimum Gasteiger partial charge on any atom is -0.493 e. The topological polar surface area (TPSA) is 97.3 Å². The molecule has 0 spiro atoms. The molecule has 0 bridgehead atoms. The van der Waals surface area contributed by atoms with Crippen molar-refractivity contribution in [3.8, 4) is 11.5 Å². The molecule has 1 aromatic heterocycles. The number of carbonyl (C=O) groups is 1. The van der Waals surface area contributed by atoms with Gasteiger partial charge in [-0.2, -0.15) is 0 Å². The number of halogens is 1. The van der Waals surface area contributed by atoms with Crippen LogP contribution < -0.4 is 9.47 Å². The summed E-state index contributed by atoms with van der Waals surface area (Å²) in [6.45, 7) is 1.73. The molecule has 2 N–H and O–H groups in total. The fourth-order valence-electron chi connectivity index (χ4n) is 1.77. The number of carboxylic acid groups (broad SMARTS) is 1. The number of nitrogens with zero attached hydrogens (tertiary/aromatic N) is 2. The molecule has 0 amide bonds. The Balaban J connectivity index is 2.39. The van der Waals surface area contributed by atoms with Gasteiger partial charge in [0, 0.05) is 0 Å². The van der Waals surface area contributed by atoms with Gasteiger partial charge in [0.15, 0.2) is 11.5 Å². The molecule has 9 heteroatoms. The third-order valence-electron chi connectivity index (χ3n) is 2.74. The van der Waals surface area contributed by atoms with Crippen LogP contribution in [0.4, 0.5) is 0 Å². The number of aromatic amines is 1. The van der Waals surface area contributed by atoms with Crippen LogP contribution in [0.1, 0.15) is 11.4 Å². The van der Waals surface area contributed by atoms with Gasteiger partial charge in [-0.15, -0.1) is 5.10 Å². The van der Waals surface area contributed by atoms with Gasteiger partial charge in [0.1, 0.15) is 10.7 Å². The van der Waals surface area contributed by atoms with Crippen LogP contribution in [0.25, 0.3) is 6.08 Å². The lowest BCUT2D eigenvalue weighted by molar-refractivity contribution is -0.131. The van der Waals surface area contributed by atoms with Crippen molar-refractivity contribution < 1.29 is 19.4 Å². The summed E-state index contributed by atoms with van der Waals surface area (Å²) < 4.78 is 10.3. The molecule has 0 unspecified atom stereocenters. The van der Waals surface area contributed by atoms with Crippen LogP contribution in [-0.2, 0) is 4.79 Å². The zero-order chi connectivity index (χ0) is 17.0. The second kappa shape index (κ2) is 7.38. The first kappa shape index (κ1) is 17.2. The van der Waals surface area contributed by atoms with Gasteiger partial charge in [0.05, 0.1) is 19.2 Å². The summed E-state index contributed by atoms with van der Waals surface area (Å²) >= 11 is 7.06. The largest absolute Gasteiger partial charge is 0.493 e. The van der Waals surface area contributed by atoms with Crippen LogP contribution in [0.15, 0.2) is 22.2 Å². The van der Waals surface area contributed by atoms with E-state index in [1.54, 1.807) is 19.1 Å². The smallest absolute Gasteiger partial charge is 0.342 e. The molecule has 1 aromatic carbocycles. The highest BCUT2D eigenvalue weighted by Gasteiger charge is 2.15. The van der Waals surface area contributed by atoms with E-state index in [9.17, 15) is 9.90 Å². The lowest BCUT2D eigenvalue weighted by Gasteiger charge is -2.10. The average molecular weight is 356 g/mol. The average Bonchev–Trinajstić information content (AvgIpc) is 2.91. The van der Waals surface area contributed by atoms with Gasteiger partial charge < -0.3 is 14.6 Å². The Labute approximate surface area is 141 Å². The van der Waals surface area contributed by atoms with Gasteiger partial charge in [-0.25, -0.2) is 9.78 Å². The van der Waals surface area contributed by atoms with Crippen molar-refractivity contribution >= 4 is 35.4 Å². The second-order valence-corrected chi connectivity index (χ2v) is 5.77. The van der Waals surface area contributed by atoms with Gasteiger partial charge in [0.2, 0.25) is 5.16 Å². The number of nitrogens with one attached hydrogen (secondary N) is 1. The lowest BCUT2D eigenvalue weighted by atomic mass is 10.2. The Bertz CT molecular complexity index is 760. The molecule has 0 aliphatic rings. The summed E-state index contributed by atoms with van der Waals surface area (Å²) in [5, 5.41) is 16.6. The van der Waals surface area contributed by atoms with Gasteiger partial charge in [-0.3, -0.25) is 5.10 Å². The first-order valence-corrected chi connectivity index (χ1v) is 7.57. The number of methoxy groups -OCH3 is 2. The predicted octanol–water partition coefficient (Wildman–Crippen LogP) is 3.00. The number of H-pyrrole nitrogens is 1. The maximum absolute atomic E-state index is 11.4. The number of rotatable bonds is 6. The molecule has 2 aromatic rings. The molecule has 0 atom stereocenters. The summed E-state index contributed by atoms with van der Waals surface area (Å²) in [5.74, 6) is 0.310. The first-order chi connectivity index (χ1) is 10.9. The Morgan fingerprint density at radius 1 is 1.39 bits per heavy atom. The van der Waals surface area contributed by atoms with E-state index in [1.807, 2.05) is 0 Å². The van der Waals surface area contributed by atoms with E-state index in [2.05, 4.69) is 15.2 Å². The number of aliphatic carboxylic acids is 1. The highest BCUT2D eigenvalue weighted by molar-refractivity contribution is 8.04. The molecule has 0 saturated carbocycles. The monoisotopic (exact) mass is 355 g/mol. The Kier molecular flexibility index (Phi) is 5.51. The molecule has 23 heavy (non-hydrogen) atoms. The van der Waals surface area contributed by atoms with E-state index >= 15 is 0 Å². The van der Waals surface area contributed by atoms with E-state index in [1.165, 1.54) is 20.3 Å². The van der Waals surface area contributed by atoms with E-state index in [-0.39, 0.29) is 4.91 Å². The maximum Gasteiger partial charge on any atom is 0.342 e. The number of benzene rings is 1. The van der Waals surface area contributed by atoms with Crippen LogP contribution in [0, 0.1) is 6.92 Å². The molecule has 2 rings (SSSR count). The zero-order valence-electron chi connectivity index (χ0n) is 12.6. The number of hydrogen-bond acceptors (Lipinski definition) is 6. The number of aromatic nitrogens is 3. The van der Waals surface area contributed by atoms with Crippen LogP contribution in [0.5, 0.6) is 11.5 Å². The lowest BCUT2D eigenvalue weighted by Crippen LogP contribution is -1.98. The summed E-state index contributed by atoms with van der Waals surface area (Å²) in [6, 6.07) is 3.23. The molecule has 0 radical (unpaired) electrons. The Morgan fingerprint density at radius 3 is 2.65 bits per heavy atom. The minimum absolute atomic E-state index is 0.0484. The van der Waals surface area contributed by atoms with Crippen molar-refractivity contribution in [1.29, 1.82) is 0 Å². The molecule has 0 fully saturated rings. The molecule has 0 aliphatic carbocycles. The van der Waals surface area contributed by atoms with Crippen molar-refractivity contribution in [2.24, 2.45) is 0 Å². The van der Waals surface area contributed by atoms with Crippen molar-refractivity contribution in [3.63, 3.8) is 0 Å². The molecule has 7 nitrogen and oxygen atoms in total. The second-order valence-electron chi connectivity index (χ2n) is 4.36. The van der Waals surface area contributed by atoms with E-state index < -0.39 is 5.97 Å². The highest BCUT2D eigenvalue weighted by atomic mass is 35.5. The number of hydrogen-bond donors (Lipinski definition) is 2. The molecular weight excluding hydrogens is 342 g/mol. The van der Waals surface area contributed by atoms with Crippen LogP contribution >= 0.6 is 23.4 Å². The summed E-state index contributed by atoms with van der Waals surface area (Å²) in [5.41, 5.74) is 0.560. The molecular formula is C14H14ClN3O4S. The van der Waals surface area contributed by atoms with Crippen LogP contribution in [0.2, 0.25) is 5.02 Å². The number of carboxylic acids is 1. The Morgan fingerprint density at radius 2 is 2.13 bits per heavy atom. The number of aryl methyl sites for hydroxylation is 1.